The number of nitrogens with one attached hydrogen (secondary N) is 1. The van der Waals surface area contributed by atoms with Gasteiger partial charge in [0.25, 0.3) is 0 Å². The fourth-order valence-electron chi connectivity index (χ4n) is 1.35. The Kier molecular flexibility index (Phi) is 2.04. The lowest BCUT2D eigenvalue weighted by Crippen LogP contribution is -2.25. The van der Waals surface area contributed by atoms with Gasteiger partial charge in [-0.15, -0.1) is 0 Å². The quantitative estimate of drug-likeness (QED) is 0.534. The first-order valence-corrected chi connectivity index (χ1v) is 4.43. The highest BCUT2D eigenvalue weighted by atomic mass is 16.5. The molecule has 0 saturated carbocycles. The van der Waals surface area contributed by atoms with Gasteiger partial charge in [0.1, 0.15) is 6.54 Å². The first kappa shape index (κ1) is 8.87. The molecule has 14 heavy (non-hydrogen) atoms. The van der Waals surface area contributed by atoms with Crippen LogP contribution in [0.4, 0.5) is 11.4 Å². The average Bonchev–Trinajstić information content (AvgIpc) is 2.16. The fourth-order valence-corrected chi connectivity index (χ4v) is 1.35. The molecule has 0 spiro atoms. The van der Waals surface area contributed by atoms with Crippen molar-refractivity contribution >= 4 is 17.3 Å². The topological polar surface area (TPSA) is 41.6 Å². The van der Waals surface area contributed by atoms with Crippen LogP contribution in [0.25, 0.3) is 0 Å². The largest absolute Gasteiger partial charge is 0.423 e. The van der Waals surface area contributed by atoms with E-state index >= 15 is 0 Å². The monoisotopic (exact) mass is 192 g/mol. The first-order chi connectivity index (χ1) is 6.66. The lowest BCUT2D eigenvalue weighted by atomic mass is 10.2. The summed E-state index contributed by atoms with van der Waals surface area (Å²) in [6, 6.07) is 5.74. The number of benzene rings is 1. The number of fused-ring (bicyclic) bond motifs is 1. The number of hydrogen-bond donors (Lipinski definition) is 1. The summed E-state index contributed by atoms with van der Waals surface area (Å²) in [5.74, 6) is 0.362. The average molecular weight is 192 g/mol. The molecule has 1 aliphatic rings. The molecule has 0 unspecified atom stereocenters. The van der Waals surface area contributed by atoms with Crippen LogP contribution in [-0.2, 0) is 4.79 Å². The molecular weight excluding hydrogens is 180 g/mol. The molecule has 1 aromatic rings. The summed E-state index contributed by atoms with van der Waals surface area (Å²) < 4.78 is 5.09. The molecule has 4 nitrogen and oxygen atoms in total. The minimum absolute atomic E-state index is 0.242. The van der Waals surface area contributed by atoms with Gasteiger partial charge in [0.15, 0.2) is 5.75 Å². The molecule has 2 rings (SSSR count). The van der Waals surface area contributed by atoms with Gasteiger partial charge >= 0.3 is 5.97 Å². The van der Waals surface area contributed by atoms with Gasteiger partial charge in [-0.2, -0.15) is 0 Å². The van der Waals surface area contributed by atoms with Crippen LogP contribution >= 0.6 is 0 Å². The van der Waals surface area contributed by atoms with Gasteiger partial charge in [-0.3, -0.25) is 0 Å². The molecule has 0 saturated heterocycles. The van der Waals surface area contributed by atoms with Crippen LogP contribution in [0.3, 0.4) is 0 Å². The highest BCUT2D eigenvalue weighted by Crippen LogP contribution is 2.31. The first-order valence-electron chi connectivity index (χ1n) is 4.43. The molecule has 74 valence electrons. The van der Waals surface area contributed by atoms with E-state index in [2.05, 4.69) is 5.32 Å². The predicted octanol–water partition coefficient (Wildman–Crippen LogP) is 1.08. The number of ether oxygens (including phenoxy) is 1. The van der Waals surface area contributed by atoms with E-state index in [1.54, 1.807) is 0 Å². The number of rotatable bonds is 1. The van der Waals surface area contributed by atoms with E-state index in [0.717, 1.165) is 11.4 Å². The molecule has 1 heterocycles. The van der Waals surface area contributed by atoms with Crippen LogP contribution in [-0.4, -0.2) is 26.6 Å². The van der Waals surface area contributed by atoms with Crippen LogP contribution < -0.4 is 15.0 Å². The van der Waals surface area contributed by atoms with E-state index in [-0.39, 0.29) is 12.5 Å². The van der Waals surface area contributed by atoms with Crippen molar-refractivity contribution in [3.63, 3.8) is 0 Å². The second-order valence-corrected chi connectivity index (χ2v) is 3.40. The summed E-state index contributed by atoms with van der Waals surface area (Å²) in [7, 11) is 3.89. The third-order valence-corrected chi connectivity index (χ3v) is 2.13. The Morgan fingerprint density at radius 2 is 2.21 bits per heavy atom. The Morgan fingerprint density at radius 3 is 2.93 bits per heavy atom. The van der Waals surface area contributed by atoms with E-state index in [9.17, 15) is 4.79 Å². The Hall–Kier alpha value is -1.71. The summed E-state index contributed by atoms with van der Waals surface area (Å²) in [6.45, 7) is 0.244. The van der Waals surface area contributed by atoms with Gasteiger partial charge in [0, 0.05) is 25.8 Å². The minimum Gasteiger partial charge on any atom is -0.423 e. The van der Waals surface area contributed by atoms with Gasteiger partial charge < -0.3 is 15.0 Å². The highest BCUT2D eigenvalue weighted by Gasteiger charge is 2.16. The number of carbonyl (C=O) groups excluding carboxylic acids is 1. The van der Waals surface area contributed by atoms with E-state index in [1.165, 1.54) is 0 Å². The van der Waals surface area contributed by atoms with Crippen LogP contribution in [0.2, 0.25) is 0 Å². The Labute approximate surface area is 82.5 Å². The number of hydrogen-bond acceptors (Lipinski definition) is 4. The number of anilines is 2. The molecule has 0 aliphatic carbocycles. The molecule has 0 amide bonds. The van der Waals surface area contributed by atoms with Crippen molar-refractivity contribution in [2.24, 2.45) is 0 Å². The summed E-state index contributed by atoms with van der Waals surface area (Å²) >= 11 is 0. The fraction of sp³-hybridized carbons (Fsp3) is 0.300. The van der Waals surface area contributed by atoms with E-state index in [1.807, 2.05) is 37.2 Å². The van der Waals surface area contributed by atoms with Crippen LogP contribution in [0.15, 0.2) is 18.2 Å². The molecule has 1 N–H and O–H groups in total. The summed E-state index contributed by atoms with van der Waals surface area (Å²) in [5.41, 5.74) is 1.88. The zero-order chi connectivity index (χ0) is 10.1. The summed E-state index contributed by atoms with van der Waals surface area (Å²) in [5, 5.41) is 2.99. The smallest absolute Gasteiger partial charge is 0.330 e. The van der Waals surface area contributed by atoms with Crippen molar-refractivity contribution in [3.05, 3.63) is 18.2 Å². The van der Waals surface area contributed by atoms with Crippen molar-refractivity contribution in [1.82, 2.24) is 0 Å². The van der Waals surface area contributed by atoms with Gasteiger partial charge in [-0.05, 0) is 12.1 Å². The van der Waals surface area contributed by atoms with Gasteiger partial charge in [-0.25, -0.2) is 4.79 Å². The van der Waals surface area contributed by atoms with Crippen LogP contribution in [0, 0.1) is 0 Å². The van der Waals surface area contributed by atoms with Crippen molar-refractivity contribution in [3.8, 4) is 5.75 Å². The third kappa shape index (κ3) is 1.51. The molecule has 0 bridgehead atoms. The molecule has 1 aromatic carbocycles. The molecule has 0 atom stereocenters. The standard InChI is InChI=1S/C10H12N2O2/c1-12(2)7-3-4-8-9(5-7)14-10(13)6-11-8/h3-5,11H,6H2,1-2H3. The number of nitrogens with zero attached hydrogens (tertiary/aromatic N) is 1. The van der Waals surface area contributed by atoms with Gasteiger partial charge in [-0.1, -0.05) is 0 Å². The van der Waals surface area contributed by atoms with Crippen LogP contribution in [0.5, 0.6) is 5.75 Å². The summed E-state index contributed by atoms with van der Waals surface area (Å²) in [6.07, 6.45) is 0. The van der Waals surface area contributed by atoms with Crippen LogP contribution in [0.1, 0.15) is 0 Å². The zero-order valence-corrected chi connectivity index (χ0v) is 8.20. The van der Waals surface area contributed by atoms with Crippen molar-refractivity contribution in [2.45, 2.75) is 0 Å². The molecule has 0 fully saturated rings. The van der Waals surface area contributed by atoms with E-state index < -0.39 is 0 Å². The van der Waals surface area contributed by atoms with Crippen molar-refractivity contribution in [1.29, 1.82) is 0 Å². The molecule has 0 radical (unpaired) electrons. The SMILES string of the molecule is CN(C)c1ccc2c(c1)OC(=O)CN2. The highest BCUT2D eigenvalue weighted by molar-refractivity contribution is 5.84. The maximum absolute atomic E-state index is 11.0. The third-order valence-electron chi connectivity index (χ3n) is 2.13. The lowest BCUT2D eigenvalue weighted by molar-refractivity contribution is -0.132. The molecular formula is C10H12N2O2. The maximum atomic E-state index is 11.0. The second kappa shape index (κ2) is 3.21. The zero-order valence-electron chi connectivity index (χ0n) is 8.20. The van der Waals surface area contributed by atoms with Crippen molar-refractivity contribution in [2.75, 3.05) is 30.9 Å². The number of esters is 1. The molecule has 0 aromatic heterocycles. The second-order valence-electron chi connectivity index (χ2n) is 3.40. The van der Waals surface area contributed by atoms with Crippen molar-refractivity contribution < 1.29 is 9.53 Å². The lowest BCUT2D eigenvalue weighted by Gasteiger charge is -2.20. The normalized spacial score (nSPS) is 14.0. The maximum Gasteiger partial charge on any atom is 0.330 e. The Balaban J connectivity index is 2.37. The van der Waals surface area contributed by atoms with Gasteiger partial charge in [0.05, 0.1) is 5.69 Å². The predicted molar refractivity (Wildman–Crippen MR) is 54.9 cm³/mol. The number of carbonyl (C=O) groups is 1. The summed E-state index contributed by atoms with van der Waals surface area (Å²) in [4.78, 5) is 13.0. The van der Waals surface area contributed by atoms with E-state index in [0.29, 0.717) is 5.75 Å². The molecule has 4 heteroatoms. The van der Waals surface area contributed by atoms with E-state index in [4.69, 9.17) is 4.74 Å². The Morgan fingerprint density at radius 1 is 1.43 bits per heavy atom. The van der Waals surface area contributed by atoms with Gasteiger partial charge in [0.2, 0.25) is 0 Å². The minimum atomic E-state index is -0.242. The molecule has 1 aliphatic heterocycles. The Bertz CT molecular complexity index is 374.